The molecule has 4 heterocycles. The van der Waals surface area contributed by atoms with Crippen molar-refractivity contribution in [3.63, 3.8) is 0 Å². The van der Waals surface area contributed by atoms with E-state index in [4.69, 9.17) is 16.3 Å². The lowest BCUT2D eigenvalue weighted by atomic mass is 9.86. The van der Waals surface area contributed by atoms with Gasteiger partial charge in [-0.3, -0.25) is 4.90 Å². The van der Waals surface area contributed by atoms with E-state index in [0.29, 0.717) is 17.0 Å². The second kappa shape index (κ2) is 6.10. The van der Waals surface area contributed by atoms with E-state index in [2.05, 4.69) is 20.9 Å². The molecule has 0 spiro atoms. The van der Waals surface area contributed by atoms with Gasteiger partial charge in [-0.15, -0.1) is 0 Å². The van der Waals surface area contributed by atoms with Gasteiger partial charge in [0.15, 0.2) is 0 Å². The average molecular weight is 330 g/mol. The molecule has 3 saturated heterocycles. The number of piperidine rings is 3. The minimum Gasteiger partial charge on any atom is -0.458 e. The summed E-state index contributed by atoms with van der Waals surface area (Å²) in [5.41, 5.74) is 3.04. The normalized spacial score (nSPS) is 26.3. The molecule has 3 fully saturated rings. The summed E-state index contributed by atoms with van der Waals surface area (Å²) in [6, 6.07) is 6.42. The molecule has 3 aliphatic rings. The lowest BCUT2D eigenvalue weighted by Gasteiger charge is -2.43. The van der Waals surface area contributed by atoms with Crippen LogP contribution in [0.3, 0.4) is 0 Å². The Morgan fingerprint density at radius 2 is 1.91 bits per heavy atom. The molecular weight excluding hydrogens is 310 g/mol. The van der Waals surface area contributed by atoms with Crippen molar-refractivity contribution in [2.45, 2.75) is 25.9 Å². The Kier molecular flexibility index (Phi) is 3.95. The van der Waals surface area contributed by atoms with Crippen LogP contribution >= 0.6 is 11.6 Å². The van der Waals surface area contributed by atoms with Crippen LogP contribution in [0.5, 0.6) is 6.01 Å². The fourth-order valence-corrected chi connectivity index (χ4v) is 3.78. The Morgan fingerprint density at radius 3 is 2.57 bits per heavy atom. The predicted octanol–water partition coefficient (Wildman–Crippen LogP) is 3.58. The van der Waals surface area contributed by atoms with Crippen molar-refractivity contribution in [3.8, 4) is 17.1 Å². The van der Waals surface area contributed by atoms with Crippen molar-refractivity contribution in [2.75, 3.05) is 19.6 Å². The van der Waals surface area contributed by atoms with Crippen molar-refractivity contribution in [2.24, 2.45) is 5.92 Å². The van der Waals surface area contributed by atoms with Crippen LogP contribution in [-0.2, 0) is 0 Å². The SMILES string of the molecule is Cc1ccc(Cl)c(-c2cnc(OC3CN4CCC3CC4)nc2)c1. The molecule has 4 nitrogen and oxygen atoms in total. The molecule has 0 aliphatic carbocycles. The highest BCUT2D eigenvalue weighted by Crippen LogP contribution is 2.31. The number of rotatable bonds is 3. The molecule has 1 aromatic carbocycles. The average Bonchev–Trinajstić information content (AvgIpc) is 2.59. The molecule has 3 aliphatic heterocycles. The van der Waals surface area contributed by atoms with Gasteiger partial charge in [0, 0.05) is 35.1 Å². The number of nitrogens with zero attached hydrogens (tertiary/aromatic N) is 3. The van der Waals surface area contributed by atoms with Gasteiger partial charge in [-0.1, -0.05) is 23.2 Å². The summed E-state index contributed by atoms with van der Waals surface area (Å²) in [7, 11) is 0. The molecule has 5 rings (SSSR count). The summed E-state index contributed by atoms with van der Waals surface area (Å²) in [5.74, 6) is 0.648. The third-order valence-electron chi connectivity index (χ3n) is 4.91. The van der Waals surface area contributed by atoms with Crippen LogP contribution in [0, 0.1) is 12.8 Å². The standard InChI is InChI=1S/C18H20ClN3O/c1-12-2-3-16(19)15(8-12)14-9-20-18(21-10-14)23-17-11-22-6-4-13(17)5-7-22/h2-3,8-10,13,17H,4-7,11H2,1H3. The Bertz CT molecular complexity index is 696. The van der Waals surface area contributed by atoms with Gasteiger partial charge >= 0.3 is 6.01 Å². The third-order valence-corrected chi connectivity index (χ3v) is 5.24. The van der Waals surface area contributed by atoms with Crippen LogP contribution in [0.25, 0.3) is 11.1 Å². The van der Waals surface area contributed by atoms with Crippen molar-refractivity contribution in [1.82, 2.24) is 14.9 Å². The van der Waals surface area contributed by atoms with Crippen LogP contribution in [0.4, 0.5) is 0 Å². The number of fused-ring (bicyclic) bond motifs is 3. The van der Waals surface area contributed by atoms with Crippen LogP contribution in [-0.4, -0.2) is 40.6 Å². The maximum absolute atomic E-state index is 6.28. The van der Waals surface area contributed by atoms with Gasteiger partial charge in [0.1, 0.15) is 6.10 Å². The first-order valence-corrected chi connectivity index (χ1v) is 8.54. The Labute approximate surface area is 141 Å². The van der Waals surface area contributed by atoms with Gasteiger partial charge < -0.3 is 4.74 Å². The van der Waals surface area contributed by atoms with E-state index < -0.39 is 0 Å². The molecule has 0 N–H and O–H groups in total. The minimum atomic E-state index is 0.228. The molecule has 0 amide bonds. The monoisotopic (exact) mass is 329 g/mol. The van der Waals surface area contributed by atoms with Crippen LogP contribution in [0.15, 0.2) is 30.6 Å². The fourth-order valence-electron chi connectivity index (χ4n) is 3.56. The van der Waals surface area contributed by atoms with E-state index in [1.54, 1.807) is 12.4 Å². The molecule has 0 radical (unpaired) electrons. The fraction of sp³-hybridized carbons (Fsp3) is 0.444. The molecule has 0 saturated carbocycles. The molecule has 5 heteroatoms. The Morgan fingerprint density at radius 1 is 1.17 bits per heavy atom. The number of hydrogen-bond donors (Lipinski definition) is 0. The number of benzene rings is 1. The van der Waals surface area contributed by atoms with Crippen LogP contribution in [0.2, 0.25) is 5.02 Å². The highest BCUT2D eigenvalue weighted by molar-refractivity contribution is 6.33. The largest absolute Gasteiger partial charge is 0.458 e. The topological polar surface area (TPSA) is 38.2 Å². The lowest BCUT2D eigenvalue weighted by molar-refractivity contribution is -0.0123. The molecule has 2 aromatic rings. The summed E-state index contributed by atoms with van der Waals surface area (Å²) in [6.45, 7) is 5.46. The summed E-state index contributed by atoms with van der Waals surface area (Å²) in [4.78, 5) is 11.2. The smallest absolute Gasteiger partial charge is 0.316 e. The first-order valence-electron chi connectivity index (χ1n) is 8.16. The zero-order chi connectivity index (χ0) is 15.8. The molecule has 1 unspecified atom stereocenters. The van der Waals surface area contributed by atoms with E-state index in [1.807, 2.05) is 19.1 Å². The first kappa shape index (κ1) is 14.9. The van der Waals surface area contributed by atoms with Gasteiger partial charge in [0.05, 0.1) is 0 Å². The van der Waals surface area contributed by atoms with E-state index in [-0.39, 0.29) is 6.10 Å². The van der Waals surface area contributed by atoms with Crippen LogP contribution in [0.1, 0.15) is 18.4 Å². The van der Waals surface area contributed by atoms with Gasteiger partial charge in [0.2, 0.25) is 0 Å². The summed E-state index contributed by atoms with van der Waals surface area (Å²) in [6.07, 6.45) is 6.27. The minimum absolute atomic E-state index is 0.228. The molecule has 23 heavy (non-hydrogen) atoms. The second-order valence-corrected chi connectivity index (χ2v) is 6.94. The molecule has 120 valence electrons. The molecular formula is C18H20ClN3O. The number of halogens is 1. The third kappa shape index (κ3) is 3.06. The highest BCUT2D eigenvalue weighted by Gasteiger charge is 2.35. The number of hydrogen-bond acceptors (Lipinski definition) is 4. The lowest BCUT2D eigenvalue weighted by Crippen LogP contribution is -2.52. The van der Waals surface area contributed by atoms with E-state index in [1.165, 1.54) is 25.9 Å². The zero-order valence-corrected chi connectivity index (χ0v) is 14.0. The molecule has 1 aromatic heterocycles. The highest BCUT2D eigenvalue weighted by atomic mass is 35.5. The van der Waals surface area contributed by atoms with Gasteiger partial charge in [-0.05, 0) is 50.9 Å². The first-order chi connectivity index (χ1) is 11.2. The predicted molar refractivity (Wildman–Crippen MR) is 90.8 cm³/mol. The van der Waals surface area contributed by atoms with E-state index >= 15 is 0 Å². The number of aryl methyl sites for hydroxylation is 1. The Hall–Kier alpha value is -1.65. The van der Waals surface area contributed by atoms with E-state index in [0.717, 1.165) is 23.2 Å². The second-order valence-electron chi connectivity index (χ2n) is 6.53. The Balaban J connectivity index is 1.51. The number of aromatic nitrogens is 2. The van der Waals surface area contributed by atoms with E-state index in [9.17, 15) is 0 Å². The summed E-state index contributed by atoms with van der Waals surface area (Å²) >= 11 is 6.28. The quantitative estimate of drug-likeness (QED) is 0.862. The molecule has 2 bridgehead atoms. The van der Waals surface area contributed by atoms with Crippen molar-refractivity contribution in [3.05, 3.63) is 41.2 Å². The van der Waals surface area contributed by atoms with Gasteiger partial charge in [0.25, 0.3) is 0 Å². The van der Waals surface area contributed by atoms with Gasteiger partial charge in [-0.2, -0.15) is 0 Å². The summed E-state index contributed by atoms with van der Waals surface area (Å²) < 4.78 is 6.04. The van der Waals surface area contributed by atoms with Gasteiger partial charge in [-0.25, -0.2) is 9.97 Å². The summed E-state index contributed by atoms with van der Waals surface area (Å²) in [5, 5.41) is 0.713. The number of ether oxygens (including phenoxy) is 1. The van der Waals surface area contributed by atoms with Crippen molar-refractivity contribution < 1.29 is 4.74 Å². The van der Waals surface area contributed by atoms with Crippen molar-refractivity contribution in [1.29, 1.82) is 0 Å². The molecule has 1 atom stereocenters. The van der Waals surface area contributed by atoms with Crippen LogP contribution < -0.4 is 4.74 Å². The van der Waals surface area contributed by atoms with Crippen molar-refractivity contribution >= 4 is 11.6 Å². The maximum Gasteiger partial charge on any atom is 0.316 e. The maximum atomic E-state index is 6.28. The zero-order valence-electron chi connectivity index (χ0n) is 13.2.